The van der Waals surface area contributed by atoms with Crippen LogP contribution >= 0.6 is 0 Å². The fraction of sp³-hybridized carbons (Fsp3) is 0.455. The van der Waals surface area contributed by atoms with Crippen LogP contribution in [0, 0.1) is 0 Å². The zero-order valence-corrected chi connectivity index (χ0v) is 11.2. The van der Waals surface area contributed by atoms with Gasteiger partial charge in [-0.1, -0.05) is 6.92 Å². The molecule has 106 valence electrons. The summed E-state index contributed by atoms with van der Waals surface area (Å²) in [5, 5.41) is 11.1. The van der Waals surface area contributed by atoms with Crippen molar-refractivity contribution in [3.63, 3.8) is 0 Å². The molecular formula is C11H15NO6S. The van der Waals surface area contributed by atoms with E-state index in [9.17, 15) is 18.0 Å². The molecule has 0 aromatic carbocycles. The van der Waals surface area contributed by atoms with Gasteiger partial charge >= 0.3 is 5.97 Å². The molecule has 0 spiro atoms. The van der Waals surface area contributed by atoms with Crippen molar-refractivity contribution in [3.8, 4) is 0 Å². The molecule has 7 nitrogen and oxygen atoms in total. The summed E-state index contributed by atoms with van der Waals surface area (Å²) in [6.07, 6.45) is 0.714. The number of carboxylic acids is 1. The molecule has 0 unspecified atom stereocenters. The second-order valence-electron chi connectivity index (χ2n) is 3.95. The molecule has 0 saturated heterocycles. The monoisotopic (exact) mass is 289 g/mol. The lowest BCUT2D eigenvalue weighted by atomic mass is 10.4. The van der Waals surface area contributed by atoms with E-state index in [2.05, 4.69) is 5.32 Å². The number of nitrogens with one attached hydrogen (secondary N) is 1. The van der Waals surface area contributed by atoms with Crippen molar-refractivity contribution in [3.05, 3.63) is 23.7 Å². The molecule has 0 fully saturated rings. The Kier molecular flexibility index (Phi) is 5.11. The average Bonchev–Trinajstić information content (AvgIpc) is 2.73. The van der Waals surface area contributed by atoms with Crippen molar-refractivity contribution in [1.82, 2.24) is 5.32 Å². The van der Waals surface area contributed by atoms with Gasteiger partial charge in [0.1, 0.15) is 17.3 Å². The third-order valence-electron chi connectivity index (χ3n) is 2.16. The van der Waals surface area contributed by atoms with Crippen molar-refractivity contribution in [2.75, 3.05) is 12.3 Å². The number of furan rings is 1. The first kappa shape index (κ1) is 15.2. The largest absolute Gasteiger partial charge is 0.475 e. The molecule has 0 atom stereocenters. The topological polar surface area (TPSA) is 114 Å². The van der Waals surface area contributed by atoms with Gasteiger partial charge in [-0.3, -0.25) is 4.79 Å². The van der Waals surface area contributed by atoms with Crippen LogP contribution < -0.4 is 5.32 Å². The predicted molar refractivity (Wildman–Crippen MR) is 66.5 cm³/mol. The Morgan fingerprint density at radius 3 is 2.58 bits per heavy atom. The minimum Gasteiger partial charge on any atom is -0.475 e. The molecule has 0 aliphatic heterocycles. The molecule has 0 aliphatic rings. The van der Waals surface area contributed by atoms with Gasteiger partial charge < -0.3 is 14.8 Å². The molecule has 1 amide bonds. The smallest absolute Gasteiger partial charge is 0.371 e. The van der Waals surface area contributed by atoms with Crippen LogP contribution in [0.1, 0.15) is 29.7 Å². The van der Waals surface area contributed by atoms with Crippen molar-refractivity contribution in [1.29, 1.82) is 0 Å². The van der Waals surface area contributed by atoms with Gasteiger partial charge in [-0.2, -0.15) is 0 Å². The van der Waals surface area contributed by atoms with Gasteiger partial charge in [0.2, 0.25) is 11.7 Å². The second-order valence-corrected chi connectivity index (χ2v) is 6.02. The van der Waals surface area contributed by atoms with E-state index in [4.69, 9.17) is 9.52 Å². The summed E-state index contributed by atoms with van der Waals surface area (Å²) >= 11 is 0. The first-order valence-electron chi connectivity index (χ1n) is 5.63. The third-order valence-corrected chi connectivity index (χ3v) is 3.58. The molecule has 2 N–H and O–H groups in total. The number of amides is 1. The Bertz CT molecular complexity index is 559. The zero-order valence-electron chi connectivity index (χ0n) is 10.4. The molecule has 1 aromatic heterocycles. The fourth-order valence-electron chi connectivity index (χ4n) is 1.35. The summed E-state index contributed by atoms with van der Waals surface area (Å²) in [6.45, 7) is 2.27. The number of rotatable bonds is 7. The Balaban J connectivity index is 2.63. The van der Waals surface area contributed by atoms with Gasteiger partial charge in [0.25, 0.3) is 0 Å². The maximum atomic E-state index is 11.7. The standard InChI is InChI=1S/C11H15NO6S/c1-2-5-12-10(13)7-19(16,17)6-8-3-4-9(18-8)11(14)15/h3-4H,2,5-7H2,1H3,(H,12,13)(H,14,15). The molecule has 0 aliphatic carbocycles. The number of sulfone groups is 1. The molecule has 1 aromatic rings. The lowest BCUT2D eigenvalue weighted by Crippen LogP contribution is -2.31. The molecule has 0 bridgehead atoms. The van der Waals surface area contributed by atoms with Crippen LogP contribution in [-0.2, 0) is 20.4 Å². The normalized spacial score (nSPS) is 11.2. The first-order chi connectivity index (χ1) is 8.84. The van der Waals surface area contributed by atoms with Crippen LogP contribution in [-0.4, -0.2) is 37.7 Å². The van der Waals surface area contributed by atoms with E-state index in [1.165, 1.54) is 12.1 Å². The van der Waals surface area contributed by atoms with E-state index in [0.717, 1.165) is 0 Å². The highest BCUT2D eigenvalue weighted by atomic mass is 32.2. The minimum atomic E-state index is -3.68. The van der Waals surface area contributed by atoms with E-state index in [0.29, 0.717) is 13.0 Å². The van der Waals surface area contributed by atoms with Gasteiger partial charge in [0.05, 0.1) is 0 Å². The van der Waals surface area contributed by atoms with Gasteiger partial charge in [-0.15, -0.1) is 0 Å². The number of carbonyl (C=O) groups excluding carboxylic acids is 1. The molecule has 1 heterocycles. The van der Waals surface area contributed by atoms with E-state index in [-0.39, 0.29) is 11.5 Å². The summed E-state index contributed by atoms with van der Waals surface area (Å²) in [6, 6.07) is 2.44. The number of carbonyl (C=O) groups is 2. The molecule has 0 saturated carbocycles. The SMILES string of the molecule is CCCNC(=O)CS(=O)(=O)Cc1ccc(C(=O)O)o1. The van der Waals surface area contributed by atoms with Crippen LogP contribution in [0.15, 0.2) is 16.5 Å². The summed E-state index contributed by atoms with van der Waals surface area (Å²) < 4.78 is 28.2. The van der Waals surface area contributed by atoms with Gasteiger partial charge in [-0.25, -0.2) is 13.2 Å². The van der Waals surface area contributed by atoms with E-state index in [1.54, 1.807) is 0 Å². The summed E-state index contributed by atoms with van der Waals surface area (Å²) in [5.41, 5.74) is 0. The maximum absolute atomic E-state index is 11.7. The lowest BCUT2D eigenvalue weighted by molar-refractivity contribution is -0.118. The molecular weight excluding hydrogens is 274 g/mol. The quantitative estimate of drug-likeness (QED) is 0.752. The van der Waals surface area contributed by atoms with Crippen molar-refractivity contribution in [2.24, 2.45) is 0 Å². The highest BCUT2D eigenvalue weighted by Gasteiger charge is 2.20. The van der Waals surface area contributed by atoms with Crippen LogP contribution in [0.2, 0.25) is 0 Å². The number of hydrogen-bond donors (Lipinski definition) is 2. The highest BCUT2D eigenvalue weighted by molar-refractivity contribution is 7.91. The minimum absolute atomic E-state index is 0.000640. The van der Waals surface area contributed by atoms with Crippen molar-refractivity contribution < 1.29 is 27.5 Å². The van der Waals surface area contributed by atoms with Gasteiger partial charge in [0, 0.05) is 6.54 Å². The van der Waals surface area contributed by atoms with Crippen molar-refractivity contribution in [2.45, 2.75) is 19.1 Å². The number of aromatic carboxylic acids is 1. The maximum Gasteiger partial charge on any atom is 0.371 e. The Labute approximate surface area is 110 Å². The van der Waals surface area contributed by atoms with Crippen LogP contribution in [0.3, 0.4) is 0 Å². The predicted octanol–water partition coefficient (Wildman–Crippen LogP) is 0.419. The molecule has 0 radical (unpaired) electrons. The van der Waals surface area contributed by atoms with Gasteiger partial charge in [-0.05, 0) is 18.6 Å². The van der Waals surface area contributed by atoms with Crippen LogP contribution in [0.25, 0.3) is 0 Å². The second kappa shape index (κ2) is 6.37. The lowest BCUT2D eigenvalue weighted by Gasteiger charge is -2.03. The highest BCUT2D eigenvalue weighted by Crippen LogP contribution is 2.11. The summed E-state index contributed by atoms with van der Waals surface area (Å²) in [5.74, 6) is -3.33. The Morgan fingerprint density at radius 2 is 2.05 bits per heavy atom. The van der Waals surface area contributed by atoms with Crippen LogP contribution in [0.5, 0.6) is 0 Å². The Hall–Kier alpha value is -1.83. The molecule has 19 heavy (non-hydrogen) atoms. The number of carboxylic acid groups (broad SMARTS) is 1. The van der Waals surface area contributed by atoms with E-state index < -0.39 is 33.2 Å². The van der Waals surface area contributed by atoms with Crippen molar-refractivity contribution >= 4 is 21.7 Å². The van der Waals surface area contributed by atoms with E-state index >= 15 is 0 Å². The number of hydrogen-bond acceptors (Lipinski definition) is 5. The van der Waals surface area contributed by atoms with Crippen LogP contribution in [0.4, 0.5) is 0 Å². The molecule has 8 heteroatoms. The zero-order chi connectivity index (χ0) is 14.5. The van der Waals surface area contributed by atoms with Gasteiger partial charge in [0.15, 0.2) is 9.84 Å². The average molecular weight is 289 g/mol. The Morgan fingerprint density at radius 1 is 1.37 bits per heavy atom. The summed E-state index contributed by atoms with van der Waals surface area (Å²) in [7, 11) is -3.68. The summed E-state index contributed by atoms with van der Waals surface area (Å²) in [4.78, 5) is 21.9. The first-order valence-corrected chi connectivity index (χ1v) is 7.45. The van der Waals surface area contributed by atoms with E-state index in [1.807, 2.05) is 6.92 Å². The molecule has 1 rings (SSSR count). The third kappa shape index (κ3) is 5.12. The fourth-order valence-corrected chi connectivity index (χ4v) is 2.55.